The minimum Gasteiger partial charge on any atom is -0.320 e. The molecule has 2 rings (SSSR count). The van der Waals surface area contributed by atoms with E-state index in [4.69, 9.17) is 0 Å². The number of piperidine rings is 1. The van der Waals surface area contributed by atoms with Crippen LogP contribution in [0.15, 0.2) is 0 Å². The van der Waals surface area contributed by atoms with Crippen LogP contribution >= 0.6 is 0 Å². The van der Waals surface area contributed by atoms with E-state index >= 15 is 0 Å². The van der Waals surface area contributed by atoms with Crippen molar-refractivity contribution in [3.8, 4) is 0 Å². The van der Waals surface area contributed by atoms with Crippen LogP contribution in [-0.4, -0.2) is 38.1 Å². The van der Waals surface area contributed by atoms with E-state index in [0.29, 0.717) is 0 Å². The molecule has 2 heteroatoms. The Hall–Kier alpha value is -0.0800. The molecule has 1 aliphatic heterocycles. The van der Waals surface area contributed by atoms with Crippen LogP contribution in [0.1, 0.15) is 61.2 Å². The Labute approximate surface area is 122 Å². The zero-order chi connectivity index (χ0) is 14.3. The Morgan fingerprint density at radius 1 is 1.21 bits per heavy atom. The SMILES string of the molecule is CC.CNCCC1CC2(CCN(CC(C)C)CC2)C1.[HH]. The third-order valence-corrected chi connectivity index (χ3v) is 4.79. The molecule has 0 amide bonds. The van der Waals surface area contributed by atoms with Crippen LogP contribution < -0.4 is 5.32 Å². The molecule has 1 saturated carbocycles. The number of nitrogens with zero attached hydrogens (tertiary/aromatic N) is 1. The Morgan fingerprint density at radius 2 is 1.79 bits per heavy atom. The summed E-state index contributed by atoms with van der Waals surface area (Å²) < 4.78 is 0. The van der Waals surface area contributed by atoms with Crippen molar-refractivity contribution in [3.05, 3.63) is 0 Å². The Bertz CT molecular complexity index is 227. The first-order chi connectivity index (χ1) is 9.13. The highest BCUT2D eigenvalue weighted by atomic mass is 15.1. The second-order valence-corrected chi connectivity index (χ2v) is 6.86. The third-order valence-electron chi connectivity index (χ3n) is 4.79. The van der Waals surface area contributed by atoms with Gasteiger partial charge in [0, 0.05) is 7.97 Å². The molecule has 1 heterocycles. The molecule has 116 valence electrons. The summed E-state index contributed by atoms with van der Waals surface area (Å²) in [6, 6.07) is 0. The van der Waals surface area contributed by atoms with E-state index in [1.165, 1.54) is 58.3 Å². The van der Waals surface area contributed by atoms with E-state index in [1.807, 2.05) is 13.8 Å². The summed E-state index contributed by atoms with van der Waals surface area (Å²) in [7, 11) is 2.07. The molecule has 1 N–H and O–H groups in total. The molecule has 1 saturated heterocycles. The van der Waals surface area contributed by atoms with Gasteiger partial charge in [-0.1, -0.05) is 27.7 Å². The average Bonchev–Trinajstić information content (AvgIpc) is 2.37. The predicted molar refractivity (Wildman–Crippen MR) is 87.7 cm³/mol. The Kier molecular flexibility index (Phi) is 7.38. The maximum Gasteiger partial charge on any atom is 0.000439 e. The first-order valence-electron chi connectivity index (χ1n) is 8.50. The topological polar surface area (TPSA) is 15.3 Å². The van der Waals surface area contributed by atoms with E-state index in [2.05, 4.69) is 31.1 Å². The third kappa shape index (κ3) is 5.07. The van der Waals surface area contributed by atoms with Gasteiger partial charge in [-0.25, -0.2) is 0 Å². The summed E-state index contributed by atoms with van der Waals surface area (Å²) in [4.78, 5) is 2.68. The fourth-order valence-electron chi connectivity index (χ4n) is 3.85. The molecule has 2 aliphatic rings. The molecule has 0 aromatic carbocycles. The van der Waals surface area contributed by atoms with Gasteiger partial charge in [0.05, 0.1) is 0 Å². The molecule has 0 unspecified atom stereocenters. The van der Waals surface area contributed by atoms with E-state index in [1.54, 1.807) is 0 Å². The summed E-state index contributed by atoms with van der Waals surface area (Å²) >= 11 is 0. The van der Waals surface area contributed by atoms with Crippen LogP contribution in [0, 0.1) is 17.3 Å². The zero-order valence-electron chi connectivity index (χ0n) is 14.0. The second kappa shape index (κ2) is 8.26. The maximum absolute atomic E-state index is 3.28. The summed E-state index contributed by atoms with van der Waals surface area (Å²) in [5.74, 6) is 1.85. The van der Waals surface area contributed by atoms with Crippen LogP contribution in [0.2, 0.25) is 0 Å². The van der Waals surface area contributed by atoms with E-state index in [0.717, 1.165) is 17.3 Å². The smallest absolute Gasteiger partial charge is 0.000439 e. The molecule has 2 fully saturated rings. The van der Waals surface area contributed by atoms with Crippen LogP contribution in [0.25, 0.3) is 0 Å². The van der Waals surface area contributed by atoms with E-state index in [9.17, 15) is 0 Å². The lowest BCUT2D eigenvalue weighted by atomic mass is 9.57. The number of hydrogen-bond acceptors (Lipinski definition) is 2. The number of nitrogens with one attached hydrogen (secondary N) is 1. The van der Waals surface area contributed by atoms with Gasteiger partial charge in [0.15, 0.2) is 0 Å². The predicted octanol–water partition coefficient (Wildman–Crippen LogP) is 4.02. The Balaban J connectivity index is 0.00000115. The van der Waals surface area contributed by atoms with Crippen molar-refractivity contribution in [2.75, 3.05) is 33.2 Å². The lowest BCUT2D eigenvalue weighted by molar-refractivity contribution is -0.0179. The largest absolute Gasteiger partial charge is 0.320 e. The van der Waals surface area contributed by atoms with Gasteiger partial charge in [0.1, 0.15) is 0 Å². The minimum absolute atomic E-state index is 0. The first kappa shape index (κ1) is 17.0. The molecule has 19 heavy (non-hydrogen) atoms. The molecule has 0 bridgehead atoms. The average molecular weight is 271 g/mol. The maximum atomic E-state index is 3.28. The Morgan fingerprint density at radius 3 is 2.26 bits per heavy atom. The summed E-state index contributed by atoms with van der Waals surface area (Å²) in [5.41, 5.74) is 0.770. The van der Waals surface area contributed by atoms with Crippen LogP contribution in [0.3, 0.4) is 0 Å². The van der Waals surface area contributed by atoms with Crippen molar-refractivity contribution in [3.63, 3.8) is 0 Å². The van der Waals surface area contributed by atoms with Crippen molar-refractivity contribution in [2.24, 2.45) is 17.3 Å². The summed E-state index contributed by atoms with van der Waals surface area (Å²) in [5, 5.41) is 3.28. The molecule has 0 aromatic heterocycles. The highest BCUT2D eigenvalue weighted by Gasteiger charge is 2.44. The molecular weight excluding hydrogens is 232 g/mol. The number of hydrogen-bond donors (Lipinski definition) is 1. The highest BCUT2D eigenvalue weighted by Crippen LogP contribution is 2.53. The van der Waals surface area contributed by atoms with Gasteiger partial charge in [0.2, 0.25) is 0 Å². The van der Waals surface area contributed by atoms with Crippen LogP contribution in [-0.2, 0) is 0 Å². The van der Waals surface area contributed by atoms with Gasteiger partial charge in [-0.15, -0.1) is 0 Å². The molecule has 2 nitrogen and oxygen atoms in total. The van der Waals surface area contributed by atoms with Gasteiger partial charge >= 0.3 is 0 Å². The lowest BCUT2D eigenvalue weighted by Crippen LogP contribution is -2.48. The van der Waals surface area contributed by atoms with E-state index in [-0.39, 0.29) is 1.43 Å². The van der Waals surface area contributed by atoms with Crippen molar-refractivity contribution >= 4 is 0 Å². The van der Waals surface area contributed by atoms with Gasteiger partial charge in [-0.05, 0) is 76.0 Å². The first-order valence-corrected chi connectivity index (χ1v) is 8.50. The fraction of sp³-hybridized carbons (Fsp3) is 1.00. The van der Waals surface area contributed by atoms with Gasteiger partial charge in [0.25, 0.3) is 0 Å². The van der Waals surface area contributed by atoms with E-state index < -0.39 is 0 Å². The van der Waals surface area contributed by atoms with Crippen molar-refractivity contribution < 1.29 is 1.43 Å². The molecule has 0 aromatic rings. The van der Waals surface area contributed by atoms with Crippen LogP contribution in [0.5, 0.6) is 0 Å². The summed E-state index contributed by atoms with van der Waals surface area (Å²) in [6.45, 7) is 13.9. The fourth-order valence-corrected chi connectivity index (χ4v) is 3.85. The van der Waals surface area contributed by atoms with Gasteiger partial charge < -0.3 is 10.2 Å². The normalized spacial score (nSPS) is 23.1. The highest BCUT2D eigenvalue weighted by molar-refractivity contribution is 4.97. The monoisotopic (exact) mass is 270 g/mol. The standard InChI is InChI=1S/C15H30N2.C2H6.H2/c1-13(2)12-17-8-5-15(6-9-17)10-14(11-15)4-7-16-3;1-2;/h13-14,16H,4-12H2,1-3H3;1-2H3;1H. The molecule has 0 radical (unpaired) electrons. The minimum atomic E-state index is 0. The number of rotatable bonds is 5. The van der Waals surface area contributed by atoms with Crippen molar-refractivity contribution in [2.45, 2.75) is 59.8 Å². The zero-order valence-corrected chi connectivity index (χ0v) is 14.0. The van der Waals surface area contributed by atoms with Crippen LogP contribution in [0.4, 0.5) is 0 Å². The molecule has 0 atom stereocenters. The van der Waals surface area contributed by atoms with Crippen molar-refractivity contribution in [1.29, 1.82) is 0 Å². The summed E-state index contributed by atoms with van der Waals surface area (Å²) in [6.07, 6.45) is 7.37. The molecule has 1 spiro atoms. The van der Waals surface area contributed by atoms with Gasteiger partial charge in [-0.3, -0.25) is 0 Å². The second-order valence-electron chi connectivity index (χ2n) is 6.86. The van der Waals surface area contributed by atoms with Gasteiger partial charge in [-0.2, -0.15) is 0 Å². The molecule has 1 aliphatic carbocycles. The van der Waals surface area contributed by atoms with Crippen molar-refractivity contribution in [1.82, 2.24) is 10.2 Å². The number of likely N-dealkylation sites (tertiary alicyclic amines) is 1. The quantitative estimate of drug-likeness (QED) is 0.812. The lowest BCUT2D eigenvalue weighted by Gasteiger charge is -2.52. The molecular formula is C17H38N2.